The molecule has 0 aromatic heterocycles. The van der Waals surface area contributed by atoms with E-state index >= 15 is 0 Å². The molecule has 0 unspecified atom stereocenters. The van der Waals surface area contributed by atoms with Crippen LogP contribution in [0.4, 0.5) is 15.8 Å². The molecule has 1 aliphatic heterocycles. The first-order chi connectivity index (χ1) is 12.6. The van der Waals surface area contributed by atoms with E-state index in [1.807, 2.05) is 54.6 Å². The van der Waals surface area contributed by atoms with Crippen LogP contribution in [0.1, 0.15) is 16.7 Å². The second kappa shape index (κ2) is 6.56. The van der Waals surface area contributed by atoms with Gasteiger partial charge >= 0.3 is 0 Å². The number of fused-ring (bicyclic) bond motifs is 1. The van der Waals surface area contributed by atoms with Gasteiger partial charge in [-0.1, -0.05) is 54.6 Å². The number of carbonyl (C=O) groups excluding carboxylic acids is 1. The molecule has 0 N–H and O–H groups in total. The number of rotatable bonds is 3. The lowest BCUT2D eigenvalue weighted by Gasteiger charge is -2.16. The molecule has 0 fully saturated rings. The first kappa shape index (κ1) is 16.2. The van der Waals surface area contributed by atoms with Crippen LogP contribution in [0.5, 0.6) is 0 Å². The standard InChI is InChI=1S/C22H17FN2O/c1-15-11-12-17(13-19(15)23)24-21-18-9-5-6-10-20(18)25(22(21)26)14-16-7-3-2-4-8-16/h2-13H,14H2,1H3. The molecule has 3 aromatic carbocycles. The molecule has 0 bridgehead atoms. The number of para-hydroxylation sites is 1. The molecule has 1 aliphatic rings. The fraction of sp³-hybridized carbons (Fsp3) is 0.0909. The summed E-state index contributed by atoms with van der Waals surface area (Å²) in [4.78, 5) is 19.2. The van der Waals surface area contributed by atoms with Crippen molar-refractivity contribution in [3.05, 3.63) is 95.3 Å². The SMILES string of the molecule is Cc1ccc(N=C2C(=O)N(Cc3ccccc3)c3ccccc32)cc1F. The van der Waals surface area contributed by atoms with E-state index in [0.717, 1.165) is 16.8 Å². The van der Waals surface area contributed by atoms with Crippen molar-refractivity contribution in [2.24, 2.45) is 4.99 Å². The van der Waals surface area contributed by atoms with Crippen LogP contribution < -0.4 is 4.90 Å². The van der Waals surface area contributed by atoms with Gasteiger partial charge in [-0.3, -0.25) is 4.79 Å². The van der Waals surface area contributed by atoms with E-state index in [1.165, 1.54) is 6.07 Å². The van der Waals surface area contributed by atoms with Crippen LogP contribution in [-0.4, -0.2) is 11.6 Å². The van der Waals surface area contributed by atoms with Crippen LogP contribution >= 0.6 is 0 Å². The van der Waals surface area contributed by atoms with Crippen molar-refractivity contribution >= 4 is 23.0 Å². The average Bonchev–Trinajstić information content (AvgIpc) is 2.92. The monoisotopic (exact) mass is 344 g/mol. The second-order valence-corrected chi connectivity index (χ2v) is 6.29. The maximum Gasteiger partial charge on any atom is 0.277 e. The fourth-order valence-corrected chi connectivity index (χ4v) is 3.07. The second-order valence-electron chi connectivity index (χ2n) is 6.29. The van der Waals surface area contributed by atoms with Crippen molar-refractivity contribution in [1.82, 2.24) is 0 Å². The van der Waals surface area contributed by atoms with Crippen LogP contribution in [-0.2, 0) is 11.3 Å². The molecule has 0 atom stereocenters. The van der Waals surface area contributed by atoms with Gasteiger partial charge in [-0.25, -0.2) is 9.38 Å². The summed E-state index contributed by atoms with van der Waals surface area (Å²) in [6.45, 7) is 2.17. The zero-order valence-electron chi connectivity index (χ0n) is 14.3. The van der Waals surface area contributed by atoms with Gasteiger partial charge in [0, 0.05) is 5.56 Å². The maximum atomic E-state index is 13.8. The van der Waals surface area contributed by atoms with Gasteiger partial charge in [0.15, 0.2) is 0 Å². The number of amides is 1. The normalized spacial score (nSPS) is 14.8. The van der Waals surface area contributed by atoms with E-state index < -0.39 is 0 Å². The van der Waals surface area contributed by atoms with Gasteiger partial charge in [0.25, 0.3) is 5.91 Å². The summed E-state index contributed by atoms with van der Waals surface area (Å²) in [6, 6.07) is 22.1. The number of aliphatic imine (C=N–C) groups is 1. The third-order valence-corrected chi connectivity index (χ3v) is 4.48. The Morgan fingerprint density at radius 2 is 1.69 bits per heavy atom. The van der Waals surface area contributed by atoms with Crippen LogP contribution in [0.25, 0.3) is 0 Å². The molecular formula is C22H17FN2O. The largest absolute Gasteiger partial charge is 0.302 e. The zero-order valence-corrected chi connectivity index (χ0v) is 14.3. The molecule has 0 radical (unpaired) electrons. The minimum absolute atomic E-state index is 0.170. The number of aryl methyl sites for hydroxylation is 1. The van der Waals surface area contributed by atoms with Crippen LogP contribution in [0.3, 0.4) is 0 Å². The highest BCUT2D eigenvalue weighted by Gasteiger charge is 2.33. The summed E-state index contributed by atoms with van der Waals surface area (Å²) in [7, 11) is 0. The van der Waals surface area contributed by atoms with E-state index in [-0.39, 0.29) is 11.7 Å². The van der Waals surface area contributed by atoms with Crippen molar-refractivity contribution in [2.45, 2.75) is 13.5 Å². The summed E-state index contributed by atoms with van der Waals surface area (Å²) >= 11 is 0. The Hall–Kier alpha value is -3.27. The average molecular weight is 344 g/mol. The molecule has 128 valence electrons. The Balaban J connectivity index is 1.76. The summed E-state index contributed by atoms with van der Waals surface area (Å²) in [5, 5.41) is 0. The van der Waals surface area contributed by atoms with Crippen molar-refractivity contribution in [2.75, 3.05) is 4.90 Å². The van der Waals surface area contributed by atoms with E-state index in [9.17, 15) is 9.18 Å². The van der Waals surface area contributed by atoms with Gasteiger partial charge in [0.1, 0.15) is 11.5 Å². The molecule has 0 spiro atoms. The first-order valence-electron chi connectivity index (χ1n) is 8.43. The molecule has 3 aromatic rings. The number of benzene rings is 3. The van der Waals surface area contributed by atoms with Gasteiger partial charge < -0.3 is 4.90 Å². The molecule has 1 heterocycles. The third kappa shape index (κ3) is 2.90. The minimum atomic E-state index is -0.327. The lowest BCUT2D eigenvalue weighted by Crippen LogP contribution is -2.29. The smallest absolute Gasteiger partial charge is 0.277 e. The molecule has 3 nitrogen and oxygen atoms in total. The van der Waals surface area contributed by atoms with Crippen LogP contribution in [0.15, 0.2) is 77.8 Å². The zero-order chi connectivity index (χ0) is 18.1. The van der Waals surface area contributed by atoms with Gasteiger partial charge in [0.05, 0.1) is 17.9 Å². The van der Waals surface area contributed by atoms with Crippen molar-refractivity contribution < 1.29 is 9.18 Å². The summed E-state index contributed by atoms with van der Waals surface area (Å²) in [5.74, 6) is -0.497. The first-order valence-corrected chi connectivity index (χ1v) is 8.43. The van der Waals surface area contributed by atoms with Gasteiger partial charge in [-0.15, -0.1) is 0 Å². The lowest BCUT2D eigenvalue weighted by atomic mass is 10.1. The fourth-order valence-electron chi connectivity index (χ4n) is 3.07. The number of hydrogen-bond donors (Lipinski definition) is 0. The quantitative estimate of drug-likeness (QED) is 0.672. The Kier molecular flexibility index (Phi) is 4.09. The minimum Gasteiger partial charge on any atom is -0.302 e. The number of nitrogens with zero attached hydrogens (tertiary/aromatic N) is 2. The lowest BCUT2D eigenvalue weighted by molar-refractivity contribution is -0.112. The van der Waals surface area contributed by atoms with Crippen molar-refractivity contribution in [1.29, 1.82) is 0 Å². The molecule has 1 amide bonds. The Morgan fingerprint density at radius 1 is 0.962 bits per heavy atom. The predicted molar refractivity (Wildman–Crippen MR) is 101 cm³/mol. The maximum absolute atomic E-state index is 13.8. The predicted octanol–water partition coefficient (Wildman–Crippen LogP) is 4.80. The Labute approximate surface area is 151 Å². The van der Waals surface area contributed by atoms with E-state index in [0.29, 0.717) is 23.5 Å². The molecule has 4 rings (SSSR count). The number of carbonyl (C=O) groups is 1. The van der Waals surface area contributed by atoms with Crippen LogP contribution in [0.2, 0.25) is 0 Å². The van der Waals surface area contributed by atoms with E-state index in [4.69, 9.17) is 0 Å². The van der Waals surface area contributed by atoms with Crippen LogP contribution in [0, 0.1) is 12.7 Å². The Bertz CT molecular complexity index is 1010. The highest BCUT2D eigenvalue weighted by molar-refractivity contribution is 6.54. The van der Waals surface area contributed by atoms with Crippen molar-refractivity contribution in [3.8, 4) is 0 Å². The van der Waals surface area contributed by atoms with Gasteiger partial charge in [0.2, 0.25) is 0 Å². The molecular weight excluding hydrogens is 327 g/mol. The van der Waals surface area contributed by atoms with Gasteiger partial charge in [-0.2, -0.15) is 0 Å². The van der Waals surface area contributed by atoms with E-state index in [2.05, 4.69) is 4.99 Å². The Morgan fingerprint density at radius 3 is 2.46 bits per heavy atom. The molecule has 0 saturated carbocycles. The molecule has 0 saturated heterocycles. The highest BCUT2D eigenvalue weighted by atomic mass is 19.1. The highest BCUT2D eigenvalue weighted by Crippen LogP contribution is 2.32. The van der Waals surface area contributed by atoms with Crippen molar-refractivity contribution in [3.63, 3.8) is 0 Å². The number of halogens is 1. The summed E-state index contributed by atoms with van der Waals surface area (Å²) in [6.07, 6.45) is 0. The number of anilines is 1. The molecule has 26 heavy (non-hydrogen) atoms. The number of hydrogen-bond acceptors (Lipinski definition) is 2. The van der Waals surface area contributed by atoms with Gasteiger partial charge in [-0.05, 0) is 36.2 Å². The summed E-state index contributed by atoms with van der Waals surface area (Å²) in [5.41, 5.74) is 3.98. The topological polar surface area (TPSA) is 32.7 Å². The molecule has 4 heteroatoms. The molecule has 0 aliphatic carbocycles. The summed E-state index contributed by atoms with van der Waals surface area (Å²) < 4.78 is 13.8. The van der Waals surface area contributed by atoms with E-state index in [1.54, 1.807) is 24.0 Å². The third-order valence-electron chi connectivity index (χ3n) is 4.48.